The fraction of sp³-hybridized carbons (Fsp3) is 0.160. The van der Waals surface area contributed by atoms with Gasteiger partial charge in [0.1, 0.15) is 6.54 Å². The summed E-state index contributed by atoms with van der Waals surface area (Å²) >= 11 is 7.21. The predicted octanol–water partition coefficient (Wildman–Crippen LogP) is 4.57. The molecule has 0 aliphatic carbocycles. The summed E-state index contributed by atoms with van der Waals surface area (Å²) in [5.41, 5.74) is 3.59. The van der Waals surface area contributed by atoms with Crippen molar-refractivity contribution in [1.82, 2.24) is 0 Å². The van der Waals surface area contributed by atoms with Gasteiger partial charge in [0.2, 0.25) is 16.7 Å². The van der Waals surface area contributed by atoms with Gasteiger partial charge in [-0.05, 0) is 55.0 Å². The molecule has 0 unspecified atom stereocenters. The zero-order chi connectivity index (χ0) is 23.2. The van der Waals surface area contributed by atoms with Crippen LogP contribution in [0.5, 0.6) is 0 Å². The smallest absolute Gasteiger partial charge is 0.269 e. The molecule has 3 aromatic carbocycles. The molecule has 2 aliphatic rings. The third kappa shape index (κ3) is 3.57. The van der Waals surface area contributed by atoms with Crippen LogP contribution in [0.4, 0.5) is 17.1 Å². The number of carbonyl (C=O) groups excluding carboxylic acids is 3. The second-order valence-corrected chi connectivity index (χ2v) is 9.57. The Morgan fingerprint density at radius 3 is 2.58 bits per heavy atom. The summed E-state index contributed by atoms with van der Waals surface area (Å²) in [5.74, 6) is -0.596. The normalized spacial score (nSPS) is 19.3. The number of amides is 3. The van der Waals surface area contributed by atoms with E-state index in [9.17, 15) is 14.4 Å². The van der Waals surface area contributed by atoms with E-state index in [1.165, 1.54) is 16.7 Å². The van der Waals surface area contributed by atoms with Gasteiger partial charge in [0.15, 0.2) is 0 Å². The number of benzene rings is 3. The fourth-order valence-electron chi connectivity index (χ4n) is 4.36. The molecule has 1 atom stereocenters. The molecular weight excluding hydrogens is 458 g/mol. The number of halogens is 1. The van der Waals surface area contributed by atoms with E-state index in [1.807, 2.05) is 55.5 Å². The second kappa shape index (κ2) is 8.24. The van der Waals surface area contributed by atoms with Crippen molar-refractivity contribution in [3.8, 4) is 0 Å². The fourth-order valence-corrected chi connectivity index (χ4v) is 5.84. The summed E-state index contributed by atoms with van der Waals surface area (Å²) in [6.07, 6.45) is 0. The molecule has 5 rings (SSSR count). The molecule has 1 N–H and O–H groups in total. The van der Waals surface area contributed by atoms with Gasteiger partial charge in [-0.1, -0.05) is 41.9 Å². The van der Waals surface area contributed by atoms with Gasteiger partial charge in [0.25, 0.3) is 5.91 Å². The lowest BCUT2D eigenvalue weighted by atomic mass is 10.0. The van der Waals surface area contributed by atoms with Gasteiger partial charge < -0.3 is 5.32 Å². The van der Waals surface area contributed by atoms with Gasteiger partial charge in [-0.2, -0.15) is 0 Å². The van der Waals surface area contributed by atoms with Gasteiger partial charge >= 0.3 is 0 Å². The first-order valence-corrected chi connectivity index (χ1v) is 11.8. The van der Waals surface area contributed by atoms with Crippen molar-refractivity contribution in [2.24, 2.45) is 0 Å². The molecule has 3 aromatic rings. The van der Waals surface area contributed by atoms with Crippen LogP contribution < -0.4 is 15.1 Å². The Bertz CT molecular complexity index is 1280. The molecule has 1 spiro atoms. The third-order valence-corrected chi connectivity index (χ3v) is 7.39. The lowest BCUT2D eigenvalue weighted by Crippen LogP contribution is -2.50. The molecular formula is C25H20ClN3O3S. The minimum atomic E-state index is -1.23. The highest BCUT2D eigenvalue weighted by Gasteiger charge is 2.61. The number of aryl methyl sites for hydroxylation is 1. The Hall–Kier alpha value is -3.29. The van der Waals surface area contributed by atoms with Crippen LogP contribution in [0.2, 0.25) is 5.02 Å². The van der Waals surface area contributed by atoms with E-state index in [0.717, 1.165) is 5.56 Å². The molecule has 1 fully saturated rings. The molecule has 1 saturated heterocycles. The minimum Gasteiger partial charge on any atom is -0.325 e. The summed E-state index contributed by atoms with van der Waals surface area (Å²) in [4.78, 5) is 41.7. The van der Waals surface area contributed by atoms with Crippen LogP contribution in [-0.4, -0.2) is 30.0 Å². The quantitative estimate of drug-likeness (QED) is 0.597. The van der Waals surface area contributed by atoms with E-state index >= 15 is 0 Å². The molecule has 0 saturated carbocycles. The van der Waals surface area contributed by atoms with Gasteiger partial charge in [-0.25, -0.2) is 0 Å². The monoisotopic (exact) mass is 477 g/mol. The number of anilines is 3. The van der Waals surface area contributed by atoms with E-state index in [1.54, 1.807) is 29.2 Å². The maximum absolute atomic E-state index is 13.9. The maximum atomic E-state index is 13.9. The zero-order valence-electron chi connectivity index (χ0n) is 17.7. The highest BCUT2D eigenvalue weighted by atomic mass is 35.5. The number of hydrogen-bond donors (Lipinski definition) is 1. The molecule has 8 heteroatoms. The van der Waals surface area contributed by atoms with E-state index in [-0.39, 0.29) is 30.0 Å². The predicted molar refractivity (Wildman–Crippen MR) is 132 cm³/mol. The number of rotatable bonds is 4. The number of nitrogens with zero attached hydrogens (tertiary/aromatic N) is 2. The van der Waals surface area contributed by atoms with E-state index in [2.05, 4.69) is 5.32 Å². The minimum absolute atomic E-state index is 0.138. The zero-order valence-corrected chi connectivity index (χ0v) is 19.3. The van der Waals surface area contributed by atoms with Gasteiger partial charge in [-0.15, -0.1) is 11.8 Å². The number of nitrogens with one attached hydrogen (secondary N) is 1. The highest BCUT2D eigenvalue weighted by molar-refractivity contribution is 8.02. The number of hydrogen-bond acceptors (Lipinski definition) is 4. The number of fused-ring (bicyclic) bond motifs is 2. The van der Waals surface area contributed by atoms with Gasteiger partial charge in [0.05, 0.1) is 11.4 Å². The summed E-state index contributed by atoms with van der Waals surface area (Å²) < 4.78 is 0. The van der Waals surface area contributed by atoms with Crippen LogP contribution in [0, 0.1) is 6.92 Å². The Kier molecular flexibility index (Phi) is 5.38. The molecule has 3 amide bonds. The topological polar surface area (TPSA) is 69.7 Å². The van der Waals surface area contributed by atoms with Crippen LogP contribution in [0.1, 0.15) is 11.1 Å². The van der Waals surface area contributed by atoms with Crippen LogP contribution in [0.15, 0.2) is 72.8 Å². The SMILES string of the molecule is Cc1cccc(N2C(=O)CS[C@]23C(=O)N(CC(=O)Nc2ccc(Cl)cc2)c2ccccc23)c1. The molecule has 33 heavy (non-hydrogen) atoms. The summed E-state index contributed by atoms with van der Waals surface area (Å²) in [5, 5.41) is 3.37. The van der Waals surface area contributed by atoms with Crippen molar-refractivity contribution < 1.29 is 14.4 Å². The van der Waals surface area contributed by atoms with Crippen LogP contribution >= 0.6 is 23.4 Å². The molecule has 2 heterocycles. The van der Waals surface area contributed by atoms with Crippen LogP contribution in [0.3, 0.4) is 0 Å². The van der Waals surface area contributed by atoms with Crippen molar-refractivity contribution in [2.75, 3.05) is 27.4 Å². The Balaban J connectivity index is 1.51. The lowest BCUT2D eigenvalue weighted by Gasteiger charge is -2.33. The first-order chi connectivity index (χ1) is 15.9. The molecule has 0 aromatic heterocycles. The first kappa shape index (κ1) is 21.6. The summed E-state index contributed by atoms with van der Waals surface area (Å²) in [6, 6.07) is 21.7. The number of thioether (sulfide) groups is 1. The van der Waals surface area contributed by atoms with Crippen LogP contribution in [0.25, 0.3) is 0 Å². The Morgan fingerprint density at radius 2 is 1.82 bits per heavy atom. The van der Waals surface area contributed by atoms with Crippen LogP contribution in [-0.2, 0) is 19.3 Å². The van der Waals surface area contributed by atoms with E-state index in [4.69, 9.17) is 11.6 Å². The van der Waals surface area contributed by atoms with Crippen molar-refractivity contribution in [1.29, 1.82) is 0 Å². The summed E-state index contributed by atoms with van der Waals surface area (Å²) in [6.45, 7) is 1.78. The Labute approximate surface area is 200 Å². The van der Waals surface area contributed by atoms with E-state index < -0.39 is 4.87 Å². The number of carbonyl (C=O) groups is 3. The van der Waals surface area contributed by atoms with Crippen molar-refractivity contribution in [3.05, 3.63) is 88.9 Å². The first-order valence-electron chi connectivity index (χ1n) is 10.4. The standard InChI is InChI=1S/C25H20ClN3O3S/c1-16-5-4-6-19(13-16)29-23(31)15-33-25(29)20-7-2-3-8-21(20)28(24(25)32)14-22(30)27-18-11-9-17(26)10-12-18/h2-13H,14-15H2,1H3,(H,27,30)/t25-/m1/s1. The number of para-hydroxylation sites is 1. The van der Waals surface area contributed by atoms with Crippen molar-refractivity contribution >= 4 is 58.1 Å². The van der Waals surface area contributed by atoms with Gasteiger partial charge in [-0.3, -0.25) is 24.2 Å². The maximum Gasteiger partial charge on any atom is 0.269 e. The highest BCUT2D eigenvalue weighted by Crippen LogP contribution is 2.55. The molecule has 2 aliphatic heterocycles. The molecule has 0 radical (unpaired) electrons. The van der Waals surface area contributed by atoms with Crippen molar-refractivity contribution in [3.63, 3.8) is 0 Å². The molecule has 0 bridgehead atoms. The van der Waals surface area contributed by atoms with Gasteiger partial charge in [0, 0.05) is 22.0 Å². The lowest BCUT2D eigenvalue weighted by molar-refractivity contribution is -0.124. The molecule has 166 valence electrons. The van der Waals surface area contributed by atoms with E-state index in [0.29, 0.717) is 27.6 Å². The average Bonchev–Trinajstić information content (AvgIpc) is 3.26. The molecule has 6 nitrogen and oxygen atoms in total. The van der Waals surface area contributed by atoms with Crippen molar-refractivity contribution in [2.45, 2.75) is 11.8 Å². The summed E-state index contributed by atoms with van der Waals surface area (Å²) in [7, 11) is 0. The second-order valence-electron chi connectivity index (χ2n) is 7.96. The largest absolute Gasteiger partial charge is 0.325 e. The average molecular weight is 478 g/mol. The third-order valence-electron chi connectivity index (χ3n) is 5.75. The Morgan fingerprint density at radius 1 is 1.06 bits per heavy atom.